The molecule has 1 aliphatic heterocycles. The van der Waals surface area contributed by atoms with Gasteiger partial charge in [0.25, 0.3) is 5.56 Å². The molecule has 160 valence electrons. The summed E-state index contributed by atoms with van der Waals surface area (Å²) in [6.07, 6.45) is 5.46. The van der Waals surface area contributed by atoms with Crippen molar-refractivity contribution in [1.29, 1.82) is 0 Å². The number of anilines is 1. The molecule has 2 aliphatic rings. The van der Waals surface area contributed by atoms with Gasteiger partial charge in [-0.1, -0.05) is 12.1 Å². The lowest BCUT2D eigenvalue weighted by atomic mass is 10.0. The molecule has 2 fully saturated rings. The van der Waals surface area contributed by atoms with Crippen molar-refractivity contribution in [2.24, 2.45) is 5.92 Å². The van der Waals surface area contributed by atoms with E-state index in [1.54, 1.807) is 23.9 Å². The number of carbonyl (C=O) groups excluding carboxylic acids is 1. The van der Waals surface area contributed by atoms with Crippen LogP contribution in [-0.4, -0.2) is 41.9 Å². The lowest BCUT2D eigenvalue weighted by Crippen LogP contribution is -2.48. The van der Waals surface area contributed by atoms with Crippen LogP contribution in [0, 0.1) is 5.92 Å². The number of nitrogens with one attached hydrogen (secondary N) is 1. The molecule has 1 aliphatic carbocycles. The molecule has 1 aromatic carbocycles. The molecule has 0 spiro atoms. The Balaban J connectivity index is 1.31. The number of carbonyl (C=O) groups is 1. The van der Waals surface area contributed by atoms with E-state index in [2.05, 4.69) is 15.3 Å². The molecule has 7 heteroatoms. The zero-order valence-corrected chi connectivity index (χ0v) is 17.5. The maximum atomic E-state index is 12.5. The smallest absolute Gasteiger partial charge is 0.266 e. The van der Waals surface area contributed by atoms with E-state index in [9.17, 15) is 9.59 Å². The van der Waals surface area contributed by atoms with Crippen LogP contribution in [0.3, 0.4) is 0 Å². The van der Waals surface area contributed by atoms with Crippen LogP contribution in [0.1, 0.15) is 37.7 Å². The first-order chi connectivity index (χ1) is 14.6. The average Bonchev–Trinajstić information content (AvgIpc) is 3.58. The first kappa shape index (κ1) is 20.4. The standard InChI is InChI=1S/C23H30N4O3/c1-30-20-6-2-4-17(14-20)9-11-22(28)24-19-5-3-13-26(16-19)21-10-12-23(29)27(25-21)15-18-7-8-18/h2,4,6,10,12,14,18-19H,3,5,7-9,11,13,15-16H2,1H3,(H,24,28). The number of nitrogens with zero attached hydrogens (tertiary/aromatic N) is 3. The topological polar surface area (TPSA) is 76.5 Å². The van der Waals surface area contributed by atoms with Crippen LogP contribution in [-0.2, 0) is 17.8 Å². The molecular formula is C23H30N4O3. The second-order valence-electron chi connectivity index (χ2n) is 8.36. The Kier molecular flexibility index (Phi) is 6.35. The molecule has 1 amide bonds. The van der Waals surface area contributed by atoms with Crippen molar-refractivity contribution in [1.82, 2.24) is 15.1 Å². The summed E-state index contributed by atoms with van der Waals surface area (Å²) in [6.45, 7) is 2.33. The summed E-state index contributed by atoms with van der Waals surface area (Å²) in [6, 6.07) is 11.3. The van der Waals surface area contributed by atoms with Crippen LogP contribution in [0.2, 0.25) is 0 Å². The van der Waals surface area contributed by atoms with Gasteiger partial charge in [0.05, 0.1) is 7.11 Å². The number of methoxy groups -OCH3 is 1. The van der Waals surface area contributed by atoms with Gasteiger partial charge in [-0.3, -0.25) is 9.59 Å². The molecule has 30 heavy (non-hydrogen) atoms. The number of aromatic nitrogens is 2. The lowest BCUT2D eigenvalue weighted by molar-refractivity contribution is -0.121. The molecule has 1 saturated heterocycles. The molecule has 1 saturated carbocycles. The Hall–Kier alpha value is -2.83. The maximum absolute atomic E-state index is 12.5. The third-order valence-corrected chi connectivity index (χ3v) is 5.87. The van der Waals surface area contributed by atoms with Crippen LogP contribution in [0.4, 0.5) is 5.82 Å². The van der Waals surface area contributed by atoms with Crippen molar-refractivity contribution in [3.8, 4) is 5.75 Å². The van der Waals surface area contributed by atoms with Crippen molar-refractivity contribution >= 4 is 11.7 Å². The van der Waals surface area contributed by atoms with E-state index >= 15 is 0 Å². The van der Waals surface area contributed by atoms with Crippen LogP contribution < -0.4 is 20.5 Å². The minimum atomic E-state index is -0.0370. The summed E-state index contributed by atoms with van der Waals surface area (Å²) in [5, 5.41) is 7.77. The largest absolute Gasteiger partial charge is 0.497 e. The number of aryl methyl sites for hydroxylation is 1. The molecule has 1 atom stereocenters. The van der Waals surface area contributed by atoms with Gasteiger partial charge in [0.2, 0.25) is 5.91 Å². The van der Waals surface area contributed by atoms with Crippen molar-refractivity contribution in [3.63, 3.8) is 0 Å². The molecular weight excluding hydrogens is 380 g/mol. The fraction of sp³-hybridized carbons (Fsp3) is 0.522. The van der Waals surface area contributed by atoms with E-state index in [4.69, 9.17) is 4.74 Å². The molecule has 1 N–H and O–H groups in total. The Morgan fingerprint density at radius 1 is 1.23 bits per heavy atom. The third kappa shape index (κ3) is 5.40. The Morgan fingerprint density at radius 2 is 2.10 bits per heavy atom. The second kappa shape index (κ2) is 9.32. The molecule has 4 rings (SSSR count). The van der Waals surface area contributed by atoms with Crippen LogP contribution in [0.15, 0.2) is 41.2 Å². The van der Waals surface area contributed by atoms with E-state index in [1.165, 1.54) is 12.8 Å². The zero-order chi connectivity index (χ0) is 20.9. The number of piperidine rings is 1. The molecule has 0 bridgehead atoms. The normalized spacial score (nSPS) is 18.8. The van der Waals surface area contributed by atoms with Gasteiger partial charge in [-0.2, -0.15) is 5.10 Å². The minimum absolute atomic E-state index is 0.0370. The van der Waals surface area contributed by atoms with Gasteiger partial charge >= 0.3 is 0 Å². The van der Waals surface area contributed by atoms with Gasteiger partial charge in [-0.25, -0.2) is 4.68 Å². The summed E-state index contributed by atoms with van der Waals surface area (Å²) in [5.41, 5.74) is 1.06. The predicted molar refractivity (Wildman–Crippen MR) is 116 cm³/mol. The number of benzene rings is 1. The summed E-state index contributed by atoms with van der Waals surface area (Å²) < 4.78 is 6.84. The van der Waals surface area contributed by atoms with E-state index < -0.39 is 0 Å². The molecule has 7 nitrogen and oxygen atoms in total. The van der Waals surface area contributed by atoms with Crippen LogP contribution in [0.25, 0.3) is 0 Å². The van der Waals surface area contributed by atoms with Gasteiger partial charge in [0.15, 0.2) is 0 Å². The van der Waals surface area contributed by atoms with E-state index in [1.807, 2.05) is 24.3 Å². The van der Waals surface area contributed by atoms with Crippen molar-refractivity contribution in [2.45, 2.75) is 51.1 Å². The first-order valence-electron chi connectivity index (χ1n) is 10.9. The summed E-state index contributed by atoms with van der Waals surface area (Å²) in [4.78, 5) is 26.7. The second-order valence-corrected chi connectivity index (χ2v) is 8.36. The maximum Gasteiger partial charge on any atom is 0.266 e. The minimum Gasteiger partial charge on any atom is -0.497 e. The molecule has 2 aromatic rings. The third-order valence-electron chi connectivity index (χ3n) is 5.87. The molecule has 1 aromatic heterocycles. The van der Waals surface area contributed by atoms with Crippen molar-refractivity contribution < 1.29 is 9.53 Å². The zero-order valence-electron chi connectivity index (χ0n) is 17.5. The van der Waals surface area contributed by atoms with Gasteiger partial charge in [0.1, 0.15) is 11.6 Å². The fourth-order valence-corrected chi connectivity index (χ4v) is 3.97. The highest BCUT2D eigenvalue weighted by molar-refractivity contribution is 5.76. The van der Waals surface area contributed by atoms with Crippen LogP contribution >= 0.6 is 0 Å². The van der Waals surface area contributed by atoms with Gasteiger partial charge in [-0.15, -0.1) is 0 Å². The Bertz CT molecular complexity index is 938. The quantitative estimate of drug-likeness (QED) is 0.723. The average molecular weight is 411 g/mol. The number of amides is 1. The van der Waals surface area contributed by atoms with Crippen molar-refractivity contribution in [2.75, 3.05) is 25.1 Å². The molecule has 1 unspecified atom stereocenters. The number of hydrogen-bond acceptors (Lipinski definition) is 5. The predicted octanol–water partition coefficient (Wildman–Crippen LogP) is 2.38. The highest BCUT2D eigenvalue weighted by Gasteiger charge is 2.25. The fourth-order valence-electron chi connectivity index (χ4n) is 3.97. The Morgan fingerprint density at radius 3 is 2.90 bits per heavy atom. The lowest BCUT2D eigenvalue weighted by Gasteiger charge is -2.34. The highest BCUT2D eigenvalue weighted by Crippen LogP contribution is 2.30. The number of ether oxygens (including phenoxy) is 1. The molecule has 2 heterocycles. The van der Waals surface area contributed by atoms with Gasteiger partial charge in [-0.05, 0) is 61.8 Å². The van der Waals surface area contributed by atoms with Crippen molar-refractivity contribution in [3.05, 3.63) is 52.3 Å². The number of hydrogen-bond donors (Lipinski definition) is 1. The van der Waals surface area contributed by atoms with E-state index in [0.29, 0.717) is 25.3 Å². The summed E-state index contributed by atoms with van der Waals surface area (Å²) in [7, 11) is 1.65. The van der Waals surface area contributed by atoms with Gasteiger partial charge in [0, 0.05) is 38.2 Å². The number of rotatable bonds is 8. The summed E-state index contributed by atoms with van der Waals surface area (Å²) >= 11 is 0. The van der Waals surface area contributed by atoms with Crippen LogP contribution in [0.5, 0.6) is 5.75 Å². The highest BCUT2D eigenvalue weighted by atomic mass is 16.5. The molecule has 0 radical (unpaired) electrons. The van der Waals surface area contributed by atoms with Gasteiger partial charge < -0.3 is 15.0 Å². The van der Waals surface area contributed by atoms with E-state index in [0.717, 1.165) is 43.1 Å². The summed E-state index contributed by atoms with van der Waals surface area (Å²) in [5.74, 6) is 2.30. The Labute approximate surface area is 177 Å². The van der Waals surface area contributed by atoms with E-state index in [-0.39, 0.29) is 17.5 Å². The first-order valence-corrected chi connectivity index (χ1v) is 10.9. The monoisotopic (exact) mass is 410 g/mol. The SMILES string of the molecule is COc1cccc(CCC(=O)NC2CCCN(c3ccc(=O)n(CC4CC4)n3)C2)c1.